The van der Waals surface area contributed by atoms with Gasteiger partial charge in [-0.15, -0.1) is 0 Å². The number of urea groups is 1. The molecule has 7 heteroatoms. The van der Waals surface area contributed by atoms with E-state index in [0.717, 1.165) is 37.3 Å². The van der Waals surface area contributed by atoms with E-state index in [1.54, 1.807) is 15.6 Å². The summed E-state index contributed by atoms with van der Waals surface area (Å²) in [5.74, 6) is 0.436. The number of carbonyl (C=O) groups is 2. The molecule has 0 spiro atoms. The van der Waals surface area contributed by atoms with E-state index in [-0.39, 0.29) is 11.9 Å². The highest BCUT2D eigenvalue weighted by Crippen LogP contribution is 2.27. The molecule has 0 unspecified atom stereocenters. The second-order valence-corrected chi connectivity index (χ2v) is 9.06. The van der Waals surface area contributed by atoms with Crippen LogP contribution in [0, 0.1) is 12.8 Å². The molecule has 4 heterocycles. The first-order chi connectivity index (χ1) is 15.5. The standard InChI is InChI=1S/C25H29N5O2/c1-18-3-2-4-21(13-18)17-28-9-5-19(6-10-28)14-20-7-12-30-22(15-20)23(16-26-30)29-11-8-24(31)27-25(29)32/h2-4,7,12-13,15-16,19H,5-6,8-11,14,17H2,1H3,(H,27,31,32). The van der Waals surface area contributed by atoms with E-state index in [2.05, 4.69) is 58.6 Å². The van der Waals surface area contributed by atoms with E-state index in [0.29, 0.717) is 18.9 Å². The van der Waals surface area contributed by atoms with Gasteiger partial charge < -0.3 is 0 Å². The Labute approximate surface area is 188 Å². The van der Waals surface area contributed by atoms with Crippen molar-refractivity contribution in [2.75, 3.05) is 24.5 Å². The van der Waals surface area contributed by atoms with Gasteiger partial charge in [0.05, 0.1) is 17.4 Å². The highest BCUT2D eigenvalue weighted by Gasteiger charge is 2.27. The molecule has 3 amide bonds. The van der Waals surface area contributed by atoms with Crippen molar-refractivity contribution in [2.24, 2.45) is 5.92 Å². The van der Waals surface area contributed by atoms with Crippen molar-refractivity contribution in [3.05, 3.63) is 65.5 Å². The van der Waals surface area contributed by atoms with E-state index >= 15 is 0 Å². The Morgan fingerprint density at radius 2 is 1.91 bits per heavy atom. The number of pyridine rings is 1. The number of hydrogen-bond acceptors (Lipinski definition) is 4. The summed E-state index contributed by atoms with van der Waals surface area (Å²) >= 11 is 0. The van der Waals surface area contributed by atoms with Crippen LogP contribution >= 0.6 is 0 Å². The smallest absolute Gasteiger partial charge is 0.299 e. The van der Waals surface area contributed by atoms with Gasteiger partial charge in [-0.05, 0) is 68.5 Å². The number of likely N-dealkylation sites (tertiary alicyclic amines) is 1. The molecule has 166 valence electrons. The van der Waals surface area contributed by atoms with E-state index in [9.17, 15) is 9.59 Å². The average molecular weight is 432 g/mol. The molecule has 2 aromatic heterocycles. The van der Waals surface area contributed by atoms with Gasteiger partial charge in [-0.2, -0.15) is 5.10 Å². The lowest BCUT2D eigenvalue weighted by Crippen LogP contribution is -2.49. The number of fused-ring (bicyclic) bond motifs is 1. The minimum atomic E-state index is -0.373. The lowest BCUT2D eigenvalue weighted by molar-refractivity contribution is -0.120. The summed E-state index contributed by atoms with van der Waals surface area (Å²) in [5.41, 5.74) is 5.64. The number of aryl methyl sites for hydroxylation is 1. The molecule has 0 bridgehead atoms. The van der Waals surface area contributed by atoms with Crippen molar-refractivity contribution in [2.45, 2.75) is 39.2 Å². The number of rotatable bonds is 5. The molecule has 1 aromatic carbocycles. The van der Waals surface area contributed by atoms with Crippen molar-refractivity contribution in [3.63, 3.8) is 0 Å². The van der Waals surface area contributed by atoms with E-state index in [1.165, 1.54) is 29.5 Å². The predicted molar refractivity (Wildman–Crippen MR) is 124 cm³/mol. The fraction of sp³-hybridized carbons (Fsp3) is 0.400. The van der Waals surface area contributed by atoms with E-state index in [4.69, 9.17) is 0 Å². The van der Waals surface area contributed by atoms with Crippen LogP contribution in [0.3, 0.4) is 0 Å². The van der Waals surface area contributed by atoms with Gasteiger partial charge in [-0.3, -0.25) is 19.9 Å². The third kappa shape index (κ3) is 4.39. The predicted octanol–water partition coefficient (Wildman–Crippen LogP) is 3.54. The Bertz CT molecular complexity index is 1150. The molecule has 7 nitrogen and oxygen atoms in total. The summed E-state index contributed by atoms with van der Waals surface area (Å²) in [6, 6.07) is 12.7. The van der Waals surface area contributed by atoms with Crippen LogP contribution in [0.15, 0.2) is 48.8 Å². The van der Waals surface area contributed by atoms with Crippen LogP contribution in [0.1, 0.15) is 36.0 Å². The molecular formula is C25H29N5O2. The molecule has 2 fully saturated rings. The van der Waals surface area contributed by atoms with Crippen LogP contribution < -0.4 is 10.2 Å². The normalized spacial score (nSPS) is 18.3. The molecule has 0 saturated carbocycles. The monoisotopic (exact) mass is 431 g/mol. The van der Waals surface area contributed by atoms with Gasteiger partial charge in [0.15, 0.2) is 0 Å². The van der Waals surface area contributed by atoms with E-state index < -0.39 is 0 Å². The van der Waals surface area contributed by atoms with Gasteiger partial charge in [0.1, 0.15) is 0 Å². The highest BCUT2D eigenvalue weighted by molar-refractivity contribution is 6.07. The maximum absolute atomic E-state index is 12.3. The number of nitrogens with zero attached hydrogens (tertiary/aromatic N) is 4. The molecule has 2 aliphatic rings. The maximum atomic E-state index is 12.3. The molecule has 0 aliphatic carbocycles. The van der Waals surface area contributed by atoms with Gasteiger partial charge in [-0.25, -0.2) is 9.31 Å². The molecule has 2 saturated heterocycles. The largest absolute Gasteiger partial charge is 0.328 e. The van der Waals surface area contributed by atoms with Gasteiger partial charge in [0.2, 0.25) is 5.91 Å². The molecule has 0 radical (unpaired) electrons. The van der Waals surface area contributed by atoms with E-state index in [1.807, 2.05) is 6.20 Å². The fourth-order valence-corrected chi connectivity index (χ4v) is 4.89. The Kier molecular flexibility index (Phi) is 5.66. The number of anilines is 1. The Hall–Kier alpha value is -3.19. The second-order valence-electron chi connectivity index (χ2n) is 9.06. The fourth-order valence-electron chi connectivity index (χ4n) is 4.89. The minimum Gasteiger partial charge on any atom is -0.299 e. The van der Waals surface area contributed by atoms with Crippen LogP contribution in [-0.4, -0.2) is 46.1 Å². The van der Waals surface area contributed by atoms with Crippen LogP contribution in [0.25, 0.3) is 5.52 Å². The van der Waals surface area contributed by atoms with Crippen molar-refractivity contribution in [1.82, 2.24) is 19.8 Å². The molecule has 32 heavy (non-hydrogen) atoms. The SMILES string of the molecule is Cc1cccc(CN2CCC(Cc3ccn4ncc(N5CCC(=O)NC5=O)c4c3)CC2)c1. The molecule has 2 aliphatic heterocycles. The Morgan fingerprint density at radius 3 is 2.69 bits per heavy atom. The number of piperidine rings is 1. The number of benzene rings is 1. The van der Waals surface area contributed by atoms with Crippen LogP contribution in [-0.2, 0) is 17.8 Å². The number of aromatic nitrogens is 2. The zero-order valence-corrected chi connectivity index (χ0v) is 18.5. The van der Waals surface area contributed by atoms with Gasteiger partial charge in [-0.1, -0.05) is 29.8 Å². The number of amides is 3. The zero-order valence-electron chi connectivity index (χ0n) is 18.5. The topological polar surface area (TPSA) is 70.0 Å². The summed E-state index contributed by atoms with van der Waals surface area (Å²) < 4.78 is 1.80. The zero-order chi connectivity index (χ0) is 22.1. The third-order valence-corrected chi connectivity index (χ3v) is 6.63. The molecule has 0 atom stereocenters. The summed E-state index contributed by atoms with van der Waals surface area (Å²) in [7, 11) is 0. The quantitative estimate of drug-likeness (QED) is 0.671. The summed E-state index contributed by atoms with van der Waals surface area (Å²) in [5, 5.41) is 6.79. The van der Waals surface area contributed by atoms with Crippen molar-refractivity contribution < 1.29 is 9.59 Å². The third-order valence-electron chi connectivity index (χ3n) is 6.63. The van der Waals surface area contributed by atoms with Crippen LogP contribution in [0.4, 0.5) is 10.5 Å². The number of imide groups is 1. The van der Waals surface area contributed by atoms with Crippen LogP contribution in [0.2, 0.25) is 0 Å². The van der Waals surface area contributed by atoms with Gasteiger partial charge >= 0.3 is 6.03 Å². The van der Waals surface area contributed by atoms with Crippen molar-refractivity contribution in [1.29, 1.82) is 0 Å². The minimum absolute atomic E-state index is 0.225. The summed E-state index contributed by atoms with van der Waals surface area (Å²) in [4.78, 5) is 27.9. The van der Waals surface area contributed by atoms with Gasteiger partial charge in [0.25, 0.3) is 0 Å². The van der Waals surface area contributed by atoms with Crippen LogP contribution in [0.5, 0.6) is 0 Å². The first-order valence-electron chi connectivity index (χ1n) is 11.4. The number of nitrogens with one attached hydrogen (secondary N) is 1. The summed E-state index contributed by atoms with van der Waals surface area (Å²) in [6.45, 7) is 5.81. The average Bonchev–Trinajstić information content (AvgIpc) is 3.18. The highest BCUT2D eigenvalue weighted by atomic mass is 16.2. The number of carbonyl (C=O) groups excluding carboxylic acids is 2. The maximum Gasteiger partial charge on any atom is 0.328 e. The second kappa shape index (κ2) is 8.74. The molecule has 3 aromatic rings. The van der Waals surface area contributed by atoms with Crippen molar-refractivity contribution >= 4 is 23.1 Å². The Morgan fingerprint density at radius 1 is 1.06 bits per heavy atom. The lowest BCUT2D eigenvalue weighted by atomic mass is 9.90. The number of hydrogen-bond donors (Lipinski definition) is 1. The lowest BCUT2D eigenvalue weighted by Gasteiger charge is -2.32. The first kappa shape index (κ1) is 20.7. The first-order valence-corrected chi connectivity index (χ1v) is 11.4. The molecule has 5 rings (SSSR count). The molecule has 1 N–H and O–H groups in total. The van der Waals surface area contributed by atoms with Crippen molar-refractivity contribution in [3.8, 4) is 0 Å². The van der Waals surface area contributed by atoms with Gasteiger partial charge in [0, 0.05) is 25.7 Å². The molecular weight excluding hydrogens is 402 g/mol. The summed E-state index contributed by atoms with van der Waals surface area (Å²) in [6.07, 6.45) is 7.40. The Balaban J connectivity index is 1.23.